The summed E-state index contributed by atoms with van der Waals surface area (Å²) in [6.45, 7) is 1.40. The van der Waals surface area contributed by atoms with E-state index >= 15 is 0 Å². The minimum Gasteiger partial charge on any atom is -0.495 e. The standard InChI is InChI=1S/C30H29ClN4O6/c1-17(36)23-10-5-19(31)13-24(23)25-15-28(37)35(16-27(25)41-2)26(14-20(32)11-12-33-21-8-9-21)29(38)34-22-6-3-18(4-7-22)30(39)40/h3-7,10-13,15-16,21,26,32-33H,8-9,14H2,1-2H3,(H,34,38)(H,39,40)/b12-11-,32-20?. The zero-order valence-corrected chi connectivity index (χ0v) is 23.2. The third kappa shape index (κ3) is 7.29. The molecule has 1 aliphatic rings. The fourth-order valence-corrected chi connectivity index (χ4v) is 4.41. The third-order valence-corrected chi connectivity index (χ3v) is 6.80. The first kappa shape index (κ1) is 29.3. The number of pyridine rings is 1. The molecule has 3 aromatic rings. The molecule has 4 N–H and O–H groups in total. The molecule has 10 nitrogen and oxygen atoms in total. The Bertz CT molecular complexity index is 1590. The third-order valence-electron chi connectivity index (χ3n) is 6.56. The van der Waals surface area contributed by atoms with Gasteiger partial charge in [-0.05, 0) is 80.1 Å². The van der Waals surface area contributed by atoms with Gasteiger partial charge in [0.05, 0.1) is 18.9 Å². The summed E-state index contributed by atoms with van der Waals surface area (Å²) >= 11 is 6.20. The molecule has 1 heterocycles. The number of hydrogen-bond donors (Lipinski definition) is 4. The number of allylic oxidation sites excluding steroid dienone is 1. The molecule has 0 saturated heterocycles. The number of anilines is 1. The quantitative estimate of drug-likeness (QED) is 0.176. The van der Waals surface area contributed by atoms with Crippen molar-refractivity contribution in [2.75, 3.05) is 12.4 Å². The molecule has 1 amide bonds. The van der Waals surface area contributed by atoms with E-state index < -0.39 is 23.5 Å². The number of carboxylic acid groups (broad SMARTS) is 1. The summed E-state index contributed by atoms with van der Waals surface area (Å²) in [7, 11) is 1.40. The lowest BCUT2D eigenvalue weighted by atomic mass is 9.97. The van der Waals surface area contributed by atoms with E-state index in [0.717, 1.165) is 12.8 Å². The van der Waals surface area contributed by atoms with Crippen LogP contribution in [0.25, 0.3) is 11.1 Å². The summed E-state index contributed by atoms with van der Waals surface area (Å²) in [5.41, 5.74) is 0.994. The van der Waals surface area contributed by atoms with Gasteiger partial charge >= 0.3 is 5.97 Å². The molecule has 1 unspecified atom stereocenters. The van der Waals surface area contributed by atoms with Crippen molar-refractivity contribution < 1.29 is 24.2 Å². The van der Waals surface area contributed by atoms with Crippen LogP contribution in [0.5, 0.6) is 5.75 Å². The number of nitrogens with one attached hydrogen (secondary N) is 3. The highest BCUT2D eigenvalue weighted by Crippen LogP contribution is 2.34. The number of nitrogens with zero attached hydrogens (tertiary/aromatic N) is 1. The molecular weight excluding hydrogens is 548 g/mol. The number of amides is 1. The first-order valence-corrected chi connectivity index (χ1v) is 13.2. The molecule has 1 saturated carbocycles. The first-order valence-electron chi connectivity index (χ1n) is 12.8. The Morgan fingerprint density at radius 2 is 1.85 bits per heavy atom. The lowest BCUT2D eigenvalue weighted by Crippen LogP contribution is -2.34. The number of hydrogen-bond acceptors (Lipinski definition) is 7. The van der Waals surface area contributed by atoms with Crippen LogP contribution in [0.2, 0.25) is 5.02 Å². The predicted molar refractivity (Wildman–Crippen MR) is 156 cm³/mol. The Balaban J connectivity index is 1.73. The largest absolute Gasteiger partial charge is 0.495 e. The van der Waals surface area contributed by atoms with Crippen molar-refractivity contribution in [3.8, 4) is 16.9 Å². The second-order valence-electron chi connectivity index (χ2n) is 9.64. The van der Waals surface area contributed by atoms with Crippen molar-refractivity contribution in [1.82, 2.24) is 9.88 Å². The van der Waals surface area contributed by atoms with Crippen molar-refractivity contribution in [1.29, 1.82) is 5.41 Å². The number of carbonyl (C=O) groups is 3. The first-order chi connectivity index (χ1) is 19.6. The fourth-order valence-electron chi connectivity index (χ4n) is 4.24. The number of halogens is 1. The number of aromatic nitrogens is 1. The van der Waals surface area contributed by atoms with Crippen LogP contribution in [0.15, 0.2) is 71.8 Å². The van der Waals surface area contributed by atoms with E-state index in [1.165, 1.54) is 55.1 Å². The minimum atomic E-state index is -1.16. The summed E-state index contributed by atoms with van der Waals surface area (Å²) < 4.78 is 6.76. The molecule has 1 atom stereocenters. The van der Waals surface area contributed by atoms with Crippen LogP contribution in [-0.2, 0) is 4.79 Å². The summed E-state index contributed by atoms with van der Waals surface area (Å²) in [4.78, 5) is 50.5. The lowest BCUT2D eigenvalue weighted by molar-refractivity contribution is -0.119. The Kier molecular flexibility index (Phi) is 9.04. The van der Waals surface area contributed by atoms with Crippen LogP contribution < -0.4 is 20.9 Å². The average Bonchev–Trinajstić information content (AvgIpc) is 3.76. The molecule has 41 heavy (non-hydrogen) atoms. The number of carbonyl (C=O) groups excluding carboxylic acids is 2. The van der Waals surface area contributed by atoms with Crippen molar-refractivity contribution in [3.63, 3.8) is 0 Å². The van der Waals surface area contributed by atoms with Gasteiger partial charge in [0.15, 0.2) is 5.78 Å². The second kappa shape index (κ2) is 12.6. The van der Waals surface area contributed by atoms with Gasteiger partial charge in [-0.1, -0.05) is 11.6 Å². The summed E-state index contributed by atoms with van der Waals surface area (Å²) in [6.07, 6.45) is 6.57. The number of Topliss-reactive ketones (excluding diaryl/α,β-unsaturated/α-hetero) is 1. The van der Waals surface area contributed by atoms with Gasteiger partial charge in [-0.3, -0.25) is 19.0 Å². The SMILES string of the molecule is COc1cn(C(CC(=N)/C=C\NC2CC2)C(=O)Nc2ccc(C(=O)O)cc2)c(=O)cc1-c1cc(Cl)ccc1C(C)=O. The van der Waals surface area contributed by atoms with Crippen LogP contribution in [0.3, 0.4) is 0 Å². The van der Waals surface area contributed by atoms with E-state index in [2.05, 4.69) is 10.6 Å². The highest BCUT2D eigenvalue weighted by Gasteiger charge is 2.26. The van der Waals surface area contributed by atoms with Crippen molar-refractivity contribution in [2.45, 2.75) is 38.3 Å². The molecule has 4 rings (SSSR count). The van der Waals surface area contributed by atoms with Gasteiger partial charge in [0.2, 0.25) is 5.91 Å². The van der Waals surface area contributed by atoms with Crippen molar-refractivity contribution in [2.24, 2.45) is 0 Å². The van der Waals surface area contributed by atoms with Crippen LogP contribution in [0.1, 0.15) is 52.9 Å². The highest BCUT2D eigenvalue weighted by molar-refractivity contribution is 6.31. The van der Waals surface area contributed by atoms with E-state index in [0.29, 0.717) is 33.4 Å². The average molecular weight is 577 g/mol. The number of carboxylic acids is 1. The molecule has 11 heteroatoms. The zero-order chi connectivity index (χ0) is 29.7. The number of rotatable bonds is 12. The van der Waals surface area contributed by atoms with E-state index in [9.17, 15) is 19.2 Å². The molecule has 0 bridgehead atoms. The monoisotopic (exact) mass is 576 g/mol. The van der Waals surface area contributed by atoms with Crippen LogP contribution in [0, 0.1) is 5.41 Å². The predicted octanol–water partition coefficient (Wildman–Crippen LogP) is 4.93. The van der Waals surface area contributed by atoms with E-state index in [4.69, 9.17) is 26.9 Å². The number of benzene rings is 2. The van der Waals surface area contributed by atoms with Gasteiger partial charge in [0.1, 0.15) is 11.8 Å². The van der Waals surface area contributed by atoms with Crippen LogP contribution >= 0.6 is 11.6 Å². The molecule has 1 aliphatic carbocycles. The zero-order valence-electron chi connectivity index (χ0n) is 22.4. The van der Waals surface area contributed by atoms with Gasteiger partial charge in [-0.25, -0.2) is 4.79 Å². The molecule has 0 aliphatic heterocycles. The Morgan fingerprint density at radius 3 is 2.46 bits per heavy atom. The highest BCUT2D eigenvalue weighted by atomic mass is 35.5. The normalized spacial score (nSPS) is 13.4. The maximum absolute atomic E-state index is 13.5. The summed E-state index contributed by atoms with van der Waals surface area (Å²) in [5, 5.41) is 23.8. The molecule has 2 aromatic carbocycles. The number of ketones is 1. The van der Waals surface area contributed by atoms with Gasteiger partial charge in [0.25, 0.3) is 5.56 Å². The Hall–Kier alpha value is -4.70. The van der Waals surface area contributed by atoms with Crippen molar-refractivity contribution >= 4 is 40.7 Å². The lowest BCUT2D eigenvalue weighted by Gasteiger charge is -2.21. The molecule has 0 spiro atoms. The van der Waals surface area contributed by atoms with Gasteiger partial charge in [0, 0.05) is 46.1 Å². The van der Waals surface area contributed by atoms with Gasteiger partial charge in [-0.2, -0.15) is 0 Å². The maximum atomic E-state index is 13.5. The molecular formula is C30H29ClN4O6. The van der Waals surface area contributed by atoms with E-state index in [1.807, 2.05) is 0 Å². The van der Waals surface area contributed by atoms with Crippen LogP contribution in [0.4, 0.5) is 5.69 Å². The van der Waals surface area contributed by atoms with Crippen LogP contribution in [-0.4, -0.2) is 46.2 Å². The smallest absolute Gasteiger partial charge is 0.335 e. The molecule has 1 aromatic heterocycles. The van der Waals surface area contributed by atoms with E-state index in [1.54, 1.807) is 30.5 Å². The number of ether oxygens (including phenoxy) is 1. The molecule has 0 radical (unpaired) electrons. The fraction of sp³-hybridized carbons (Fsp3) is 0.233. The Labute approximate surface area is 241 Å². The van der Waals surface area contributed by atoms with Crippen molar-refractivity contribution in [3.05, 3.63) is 93.5 Å². The molecule has 1 fully saturated rings. The number of aromatic carboxylic acids is 1. The van der Waals surface area contributed by atoms with Gasteiger partial charge in [-0.15, -0.1) is 0 Å². The summed E-state index contributed by atoms with van der Waals surface area (Å²) in [5.74, 6) is -1.71. The maximum Gasteiger partial charge on any atom is 0.335 e. The number of methoxy groups -OCH3 is 1. The molecule has 212 valence electrons. The Morgan fingerprint density at radius 1 is 1.15 bits per heavy atom. The van der Waals surface area contributed by atoms with Gasteiger partial charge < -0.3 is 25.9 Å². The second-order valence-corrected chi connectivity index (χ2v) is 10.1. The topological polar surface area (TPSA) is 151 Å². The minimum absolute atomic E-state index is 0.0529. The summed E-state index contributed by atoms with van der Waals surface area (Å²) in [6, 6.07) is 10.8. The van der Waals surface area contributed by atoms with E-state index in [-0.39, 0.29) is 29.2 Å².